The van der Waals surface area contributed by atoms with Crippen LogP contribution in [0.5, 0.6) is 0 Å². The number of aldehydes is 1. The first-order chi connectivity index (χ1) is 6.90. The van der Waals surface area contributed by atoms with Gasteiger partial charge in [-0.3, -0.25) is 0 Å². The molecule has 0 N–H and O–H groups in total. The summed E-state index contributed by atoms with van der Waals surface area (Å²) in [5.74, 6) is 0.133. The lowest BCUT2D eigenvalue weighted by Crippen LogP contribution is -2.29. The molecule has 0 aliphatic heterocycles. The second-order valence-corrected chi connectivity index (χ2v) is 10.8. The third kappa shape index (κ3) is 7.70. The first-order valence-corrected chi connectivity index (χ1v) is 9.17. The Morgan fingerprint density at radius 2 is 1.93 bits per heavy atom. The Labute approximate surface area is 94.2 Å². The van der Waals surface area contributed by atoms with Crippen LogP contribution >= 0.6 is 0 Å². The molecule has 0 amide bonds. The van der Waals surface area contributed by atoms with Crippen LogP contribution in [0.4, 0.5) is 0 Å². The van der Waals surface area contributed by atoms with Gasteiger partial charge >= 0.3 is 0 Å². The van der Waals surface area contributed by atoms with Crippen molar-refractivity contribution in [2.24, 2.45) is 5.92 Å². The number of ether oxygens (including phenoxy) is 2. The van der Waals surface area contributed by atoms with Crippen LogP contribution in [-0.2, 0) is 14.3 Å². The molecule has 2 unspecified atom stereocenters. The molecule has 0 radical (unpaired) electrons. The number of carbonyl (C=O) groups is 1. The molecule has 0 saturated carbocycles. The van der Waals surface area contributed by atoms with Crippen LogP contribution in [0.3, 0.4) is 0 Å². The molecule has 0 rings (SSSR count). The topological polar surface area (TPSA) is 35.5 Å². The Morgan fingerprint density at radius 3 is 2.33 bits per heavy atom. The van der Waals surface area contributed by atoms with Gasteiger partial charge in [-0.1, -0.05) is 26.6 Å². The van der Waals surface area contributed by atoms with Gasteiger partial charge < -0.3 is 14.3 Å². The van der Waals surface area contributed by atoms with Crippen LogP contribution in [0.1, 0.15) is 6.92 Å². The van der Waals surface area contributed by atoms with Crippen molar-refractivity contribution in [1.82, 2.24) is 0 Å². The van der Waals surface area contributed by atoms with Crippen LogP contribution in [0, 0.1) is 5.92 Å². The Bertz CT molecular complexity index is 177. The fourth-order valence-corrected chi connectivity index (χ4v) is 1.93. The highest BCUT2D eigenvalue weighted by Crippen LogP contribution is 2.11. The summed E-state index contributed by atoms with van der Waals surface area (Å²) < 4.78 is 10.6. The van der Waals surface area contributed by atoms with Gasteiger partial charge in [-0.05, 0) is 6.04 Å². The Balaban J connectivity index is 3.85. The highest BCUT2D eigenvalue weighted by atomic mass is 28.3. The molecule has 15 heavy (non-hydrogen) atoms. The van der Waals surface area contributed by atoms with Gasteiger partial charge in [0.15, 0.2) is 0 Å². The second kappa shape index (κ2) is 7.14. The quantitative estimate of drug-likeness (QED) is 0.475. The summed E-state index contributed by atoms with van der Waals surface area (Å²) in [6.07, 6.45) is 0.565. The van der Waals surface area contributed by atoms with Crippen molar-refractivity contribution in [2.75, 3.05) is 20.3 Å². The van der Waals surface area contributed by atoms with E-state index in [1.54, 1.807) is 7.11 Å². The van der Waals surface area contributed by atoms with Crippen molar-refractivity contribution in [2.45, 2.75) is 38.7 Å². The third-order valence-corrected chi connectivity index (χ3v) is 3.99. The van der Waals surface area contributed by atoms with Gasteiger partial charge in [0, 0.05) is 27.7 Å². The second-order valence-electron chi connectivity index (χ2n) is 5.21. The van der Waals surface area contributed by atoms with Gasteiger partial charge in [-0.2, -0.15) is 0 Å². The summed E-state index contributed by atoms with van der Waals surface area (Å²) in [7, 11) is 0.577. The summed E-state index contributed by atoms with van der Waals surface area (Å²) in [4.78, 5) is 10.8. The number of carbonyl (C=O) groups excluding carboxylic acids is 1. The molecule has 0 heterocycles. The first-order valence-electron chi connectivity index (χ1n) is 5.46. The predicted molar refractivity (Wildman–Crippen MR) is 65.0 cm³/mol. The van der Waals surface area contributed by atoms with E-state index in [2.05, 4.69) is 19.6 Å². The minimum Gasteiger partial charge on any atom is -0.384 e. The Morgan fingerprint density at radius 1 is 1.33 bits per heavy atom. The number of methoxy groups -OCH3 is 1. The SMILES string of the molecule is COCC(C)C(C=O)OCC[Si](C)(C)C. The van der Waals surface area contributed by atoms with E-state index < -0.39 is 8.07 Å². The van der Waals surface area contributed by atoms with Gasteiger partial charge in [0.05, 0.1) is 6.61 Å². The van der Waals surface area contributed by atoms with E-state index in [9.17, 15) is 4.79 Å². The molecule has 0 aliphatic rings. The van der Waals surface area contributed by atoms with Gasteiger partial charge in [0.25, 0.3) is 0 Å². The molecule has 4 heteroatoms. The van der Waals surface area contributed by atoms with Gasteiger partial charge in [0.1, 0.15) is 12.4 Å². The van der Waals surface area contributed by atoms with Crippen LogP contribution in [0.25, 0.3) is 0 Å². The lowest BCUT2D eigenvalue weighted by Gasteiger charge is -2.21. The molecule has 0 aromatic heterocycles. The summed E-state index contributed by atoms with van der Waals surface area (Å²) in [6.45, 7) is 10.1. The molecule has 0 spiro atoms. The van der Waals surface area contributed by atoms with E-state index >= 15 is 0 Å². The van der Waals surface area contributed by atoms with Crippen LogP contribution in [0.2, 0.25) is 25.7 Å². The number of rotatable bonds is 8. The zero-order valence-corrected chi connectivity index (χ0v) is 11.6. The zero-order valence-electron chi connectivity index (χ0n) is 10.6. The van der Waals surface area contributed by atoms with Crippen LogP contribution < -0.4 is 0 Å². The molecule has 0 aromatic rings. The lowest BCUT2D eigenvalue weighted by atomic mass is 10.1. The van der Waals surface area contributed by atoms with Gasteiger partial charge in [0.2, 0.25) is 0 Å². The molecule has 0 bridgehead atoms. The van der Waals surface area contributed by atoms with Crippen molar-refractivity contribution in [3.05, 3.63) is 0 Å². The van der Waals surface area contributed by atoms with Crippen LogP contribution in [-0.4, -0.2) is 40.8 Å². The average Bonchev–Trinajstić information content (AvgIpc) is 2.11. The summed E-state index contributed by atoms with van der Waals surface area (Å²) >= 11 is 0. The van der Waals surface area contributed by atoms with E-state index in [-0.39, 0.29) is 12.0 Å². The Kier molecular flexibility index (Phi) is 7.05. The van der Waals surface area contributed by atoms with E-state index in [4.69, 9.17) is 9.47 Å². The van der Waals surface area contributed by atoms with Crippen molar-refractivity contribution >= 4 is 14.4 Å². The normalized spacial score (nSPS) is 16.1. The number of hydrogen-bond donors (Lipinski definition) is 0. The van der Waals surface area contributed by atoms with E-state index in [1.165, 1.54) is 0 Å². The molecule has 0 fully saturated rings. The minimum atomic E-state index is -1.06. The van der Waals surface area contributed by atoms with E-state index in [0.717, 1.165) is 12.3 Å². The molecule has 3 nitrogen and oxygen atoms in total. The van der Waals surface area contributed by atoms with E-state index in [0.29, 0.717) is 13.2 Å². The molecular weight excluding hydrogens is 208 g/mol. The standard InChI is InChI=1S/C11H24O3Si/c1-10(9-13-2)11(8-12)14-6-7-15(3,4)5/h8,10-11H,6-7,9H2,1-5H3. The average molecular weight is 232 g/mol. The zero-order chi connectivity index (χ0) is 11.9. The summed E-state index contributed by atoms with van der Waals surface area (Å²) in [5, 5.41) is 0. The minimum absolute atomic E-state index is 0.133. The maximum Gasteiger partial charge on any atom is 0.149 e. The van der Waals surface area contributed by atoms with Crippen molar-refractivity contribution < 1.29 is 14.3 Å². The maximum atomic E-state index is 10.8. The van der Waals surface area contributed by atoms with Gasteiger partial charge in [-0.15, -0.1) is 0 Å². The lowest BCUT2D eigenvalue weighted by molar-refractivity contribution is -0.122. The molecule has 0 aromatic carbocycles. The van der Waals surface area contributed by atoms with Crippen molar-refractivity contribution in [3.8, 4) is 0 Å². The van der Waals surface area contributed by atoms with Crippen molar-refractivity contribution in [3.63, 3.8) is 0 Å². The number of hydrogen-bond acceptors (Lipinski definition) is 3. The maximum absolute atomic E-state index is 10.8. The molecular formula is C11H24O3Si. The largest absolute Gasteiger partial charge is 0.384 e. The fourth-order valence-electron chi connectivity index (χ4n) is 1.20. The predicted octanol–water partition coefficient (Wildman–Crippen LogP) is 2.19. The summed E-state index contributed by atoms with van der Waals surface area (Å²) in [5.41, 5.74) is 0. The molecule has 90 valence electrons. The highest BCUT2D eigenvalue weighted by Gasteiger charge is 2.19. The highest BCUT2D eigenvalue weighted by molar-refractivity contribution is 6.76. The molecule has 0 saturated heterocycles. The molecule has 0 aliphatic carbocycles. The van der Waals surface area contributed by atoms with Crippen molar-refractivity contribution in [1.29, 1.82) is 0 Å². The van der Waals surface area contributed by atoms with Gasteiger partial charge in [-0.25, -0.2) is 0 Å². The Hall–Kier alpha value is -0.193. The monoisotopic (exact) mass is 232 g/mol. The molecule has 2 atom stereocenters. The smallest absolute Gasteiger partial charge is 0.149 e. The van der Waals surface area contributed by atoms with E-state index in [1.807, 2.05) is 6.92 Å². The summed E-state index contributed by atoms with van der Waals surface area (Å²) in [6, 6.07) is 1.09. The third-order valence-electron chi connectivity index (χ3n) is 2.29. The van der Waals surface area contributed by atoms with Crippen LogP contribution in [0.15, 0.2) is 0 Å². The fraction of sp³-hybridized carbons (Fsp3) is 0.909. The first kappa shape index (κ1) is 14.8.